The summed E-state index contributed by atoms with van der Waals surface area (Å²) in [6.07, 6.45) is 3.92. The molecule has 1 saturated heterocycles. The van der Waals surface area contributed by atoms with Gasteiger partial charge >= 0.3 is 0 Å². The third-order valence-corrected chi connectivity index (χ3v) is 4.84. The second-order valence-corrected chi connectivity index (χ2v) is 7.08. The number of likely N-dealkylation sites (tertiary alicyclic amines) is 1. The molecule has 23 heavy (non-hydrogen) atoms. The van der Waals surface area contributed by atoms with Crippen molar-refractivity contribution in [2.24, 2.45) is 0 Å². The molecule has 1 fully saturated rings. The molecule has 0 amide bonds. The van der Waals surface area contributed by atoms with E-state index in [-0.39, 0.29) is 0 Å². The molecule has 124 valence electrons. The third kappa shape index (κ3) is 4.42. The zero-order valence-electron chi connectivity index (χ0n) is 13.7. The molecule has 5 nitrogen and oxygen atoms in total. The van der Waals surface area contributed by atoms with Gasteiger partial charge in [0.05, 0.1) is 7.11 Å². The SMILES string of the molecule is COc1ccc(OCc2nnc(C)s2)cc1CN1CCCCC1. The van der Waals surface area contributed by atoms with E-state index in [1.807, 2.05) is 19.1 Å². The van der Waals surface area contributed by atoms with E-state index < -0.39 is 0 Å². The number of aromatic nitrogens is 2. The molecule has 1 aromatic carbocycles. The van der Waals surface area contributed by atoms with E-state index in [0.717, 1.165) is 41.1 Å². The standard InChI is InChI=1S/C17H23N3O2S/c1-13-18-19-17(23-13)12-22-15-6-7-16(21-2)14(10-15)11-20-8-4-3-5-9-20/h6-7,10H,3-5,8-9,11-12H2,1-2H3. The van der Waals surface area contributed by atoms with Crippen LogP contribution >= 0.6 is 11.3 Å². The molecule has 0 aliphatic carbocycles. The summed E-state index contributed by atoms with van der Waals surface area (Å²) in [6.45, 7) is 5.65. The number of hydrogen-bond donors (Lipinski definition) is 0. The van der Waals surface area contributed by atoms with Crippen molar-refractivity contribution < 1.29 is 9.47 Å². The van der Waals surface area contributed by atoms with Crippen LogP contribution in [0.2, 0.25) is 0 Å². The fourth-order valence-corrected chi connectivity index (χ4v) is 3.49. The molecule has 0 saturated carbocycles. The number of aryl methyl sites for hydroxylation is 1. The Hall–Kier alpha value is -1.66. The lowest BCUT2D eigenvalue weighted by atomic mass is 10.1. The summed E-state index contributed by atoms with van der Waals surface area (Å²) in [6, 6.07) is 6.02. The predicted octanol–water partition coefficient (Wildman–Crippen LogP) is 3.42. The Balaban J connectivity index is 1.67. The maximum Gasteiger partial charge on any atom is 0.155 e. The smallest absolute Gasteiger partial charge is 0.155 e. The number of methoxy groups -OCH3 is 1. The quantitative estimate of drug-likeness (QED) is 0.810. The van der Waals surface area contributed by atoms with Crippen molar-refractivity contribution in [1.82, 2.24) is 15.1 Å². The lowest BCUT2D eigenvalue weighted by Gasteiger charge is -2.27. The zero-order chi connectivity index (χ0) is 16.1. The number of nitrogens with zero attached hydrogens (tertiary/aromatic N) is 3. The van der Waals surface area contributed by atoms with Crippen LogP contribution < -0.4 is 9.47 Å². The van der Waals surface area contributed by atoms with Crippen LogP contribution in [0.1, 0.15) is 34.8 Å². The summed E-state index contributed by atoms with van der Waals surface area (Å²) in [5.74, 6) is 1.78. The van der Waals surface area contributed by atoms with Crippen molar-refractivity contribution in [2.45, 2.75) is 39.3 Å². The van der Waals surface area contributed by atoms with Crippen LogP contribution in [0.4, 0.5) is 0 Å². The second kappa shape index (κ2) is 7.75. The Labute approximate surface area is 141 Å². The first-order chi connectivity index (χ1) is 11.2. The van der Waals surface area contributed by atoms with Gasteiger partial charge in [0.2, 0.25) is 0 Å². The van der Waals surface area contributed by atoms with Crippen molar-refractivity contribution >= 4 is 11.3 Å². The monoisotopic (exact) mass is 333 g/mol. The van der Waals surface area contributed by atoms with Gasteiger partial charge in [-0.3, -0.25) is 4.90 Å². The van der Waals surface area contributed by atoms with Gasteiger partial charge < -0.3 is 9.47 Å². The highest BCUT2D eigenvalue weighted by atomic mass is 32.1. The summed E-state index contributed by atoms with van der Waals surface area (Å²) >= 11 is 1.57. The van der Waals surface area contributed by atoms with Crippen LogP contribution in [0, 0.1) is 6.92 Å². The summed E-state index contributed by atoms with van der Waals surface area (Å²) in [4.78, 5) is 2.49. The number of benzene rings is 1. The molecule has 2 heterocycles. The molecule has 1 aliphatic rings. The molecule has 0 spiro atoms. The van der Waals surface area contributed by atoms with Crippen molar-refractivity contribution in [1.29, 1.82) is 0 Å². The molecule has 0 atom stereocenters. The van der Waals surface area contributed by atoms with Gasteiger partial charge in [-0.2, -0.15) is 0 Å². The van der Waals surface area contributed by atoms with Gasteiger partial charge in [-0.1, -0.05) is 17.8 Å². The van der Waals surface area contributed by atoms with Crippen molar-refractivity contribution in [3.8, 4) is 11.5 Å². The van der Waals surface area contributed by atoms with Gasteiger partial charge in [0.1, 0.15) is 23.1 Å². The molecular weight excluding hydrogens is 310 g/mol. The number of ether oxygens (including phenoxy) is 2. The number of hydrogen-bond acceptors (Lipinski definition) is 6. The average Bonchev–Trinajstić information content (AvgIpc) is 3.00. The van der Waals surface area contributed by atoms with Gasteiger partial charge in [0, 0.05) is 12.1 Å². The van der Waals surface area contributed by atoms with E-state index in [1.54, 1.807) is 18.4 Å². The first-order valence-corrected chi connectivity index (χ1v) is 8.87. The van der Waals surface area contributed by atoms with Crippen LogP contribution in [0.15, 0.2) is 18.2 Å². The fourth-order valence-electron chi connectivity index (χ4n) is 2.87. The van der Waals surface area contributed by atoms with Crippen LogP contribution in [0.25, 0.3) is 0 Å². The van der Waals surface area contributed by atoms with Gasteiger partial charge in [-0.25, -0.2) is 0 Å². The Bertz CT molecular complexity index is 639. The minimum Gasteiger partial charge on any atom is -0.496 e. The molecule has 3 rings (SSSR count). The maximum atomic E-state index is 5.87. The lowest BCUT2D eigenvalue weighted by Crippen LogP contribution is -2.29. The first-order valence-electron chi connectivity index (χ1n) is 8.05. The van der Waals surface area contributed by atoms with E-state index in [1.165, 1.54) is 24.8 Å². The molecule has 0 radical (unpaired) electrons. The van der Waals surface area contributed by atoms with Gasteiger partial charge in [0.25, 0.3) is 0 Å². The highest BCUT2D eigenvalue weighted by Crippen LogP contribution is 2.27. The predicted molar refractivity (Wildman–Crippen MR) is 91.1 cm³/mol. The highest BCUT2D eigenvalue weighted by Gasteiger charge is 2.14. The summed E-state index contributed by atoms with van der Waals surface area (Å²) in [7, 11) is 1.72. The van der Waals surface area contributed by atoms with E-state index in [0.29, 0.717) is 6.61 Å². The maximum absolute atomic E-state index is 5.87. The minimum atomic E-state index is 0.459. The van der Waals surface area contributed by atoms with E-state index in [4.69, 9.17) is 9.47 Å². The molecule has 1 aromatic heterocycles. The fraction of sp³-hybridized carbons (Fsp3) is 0.529. The number of piperidine rings is 1. The summed E-state index contributed by atoms with van der Waals surface area (Å²) in [5, 5.41) is 9.97. The molecule has 6 heteroatoms. The summed E-state index contributed by atoms with van der Waals surface area (Å²) < 4.78 is 11.4. The number of rotatable bonds is 6. The van der Waals surface area contributed by atoms with Crippen molar-refractivity contribution in [3.05, 3.63) is 33.8 Å². The molecule has 0 unspecified atom stereocenters. The van der Waals surface area contributed by atoms with Crippen LogP contribution in [0.3, 0.4) is 0 Å². The van der Waals surface area contributed by atoms with E-state index >= 15 is 0 Å². The second-order valence-electron chi connectivity index (χ2n) is 5.81. The van der Waals surface area contributed by atoms with Crippen LogP contribution in [-0.4, -0.2) is 35.3 Å². The average molecular weight is 333 g/mol. The van der Waals surface area contributed by atoms with Crippen LogP contribution in [0.5, 0.6) is 11.5 Å². The van der Waals surface area contributed by atoms with Crippen molar-refractivity contribution in [3.63, 3.8) is 0 Å². The van der Waals surface area contributed by atoms with E-state index in [2.05, 4.69) is 21.2 Å². The Kier molecular flexibility index (Phi) is 5.46. The molecule has 1 aliphatic heterocycles. The Morgan fingerprint density at radius 2 is 2.00 bits per heavy atom. The first kappa shape index (κ1) is 16.2. The largest absolute Gasteiger partial charge is 0.496 e. The normalized spacial score (nSPS) is 15.6. The van der Waals surface area contributed by atoms with Gasteiger partial charge in [-0.05, 0) is 51.1 Å². The zero-order valence-corrected chi connectivity index (χ0v) is 14.6. The van der Waals surface area contributed by atoms with E-state index in [9.17, 15) is 0 Å². The minimum absolute atomic E-state index is 0.459. The highest BCUT2D eigenvalue weighted by molar-refractivity contribution is 7.11. The van der Waals surface area contributed by atoms with Crippen molar-refractivity contribution in [2.75, 3.05) is 20.2 Å². The molecular formula is C17H23N3O2S. The third-order valence-electron chi connectivity index (χ3n) is 4.02. The molecule has 0 bridgehead atoms. The van der Waals surface area contributed by atoms with Crippen LogP contribution in [-0.2, 0) is 13.2 Å². The molecule has 2 aromatic rings. The Morgan fingerprint density at radius 3 is 2.70 bits per heavy atom. The lowest BCUT2D eigenvalue weighted by molar-refractivity contribution is 0.217. The summed E-state index contributed by atoms with van der Waals surface area (Å²) in [5.41, 5.74) is 1.18. The Morgan fingerprint density at radius 1 is 1.17 bits per heavy atom. The van der Waals surface area contributed by atoms with Gasteiger partial charge in [-0.15, -0.1) is 10.2 Å². The topological polar surface area (TPSA) is 47.5 Å². The van der Waals surface area contributed by atoms with Gasteiger partial charge in [0.15, 0.2) is 5.01 Å². The molecule has 0 N–H and O–H groups in total.